The first kappa shape index (κ1) is 9.56. The topological polar surface area (TPSA) is 0 Å². The standard InChI is InChI=1S/3CH3.BrH.Sn.H/h3*1H3;1H;;. The second kappa shape index (κ2) is 5.28. The molecule has 0 aromatic heterocycles. The maximum atomic E-state index is 2.38. The third-order valence-electron chi connectivity index (χ3n) is 0. The summed E-state index contributed by atoms with van der Waals surface area (Å²) in [6.07, 6.45) is 0. The van der Waals surface area contributed by atoms with E-state index in [4.69, 9.17) is 0 Å². The molecule has 0 rings (SSSR count). The summed E-state index contributed by atoms with van der Waals surface area (Å²) in [6.45, 7) is 0. The van der Waals surface area contributed by atoms with Crippen LogP contribution >= 0.6 is 17.0 Å². The van der Waals surface area contributed by atoms with Gasteiger partial charge < -0.3 is 0 Å². The average Bonchev–Trinajstić information content (AvgIpc) is 0.811. The van der Waals surface area contributed by atoms with Crippen LogP contribution in [0.5, 0.6) is 0 Å². The second-order valence-electron chi connectivity index (χ2n) is 1.73. The van der Waals surface area contributed by atoms with E-state index in [1.54, 1.807) is 0 Å². The van der Waals surface area contributed by atoms with Crippen molar-refractivity contribution in [2.45, 2.75) is 14.8 Å². The van der Waals surface area contributed by atoms with Gasteiger partial charge in [0, 0.05) is 0 Å². The normalized spacial score (nSPS) is 7.20. The van der Waals surface area contributed by atoms with Gasteiger partial charge in [-0.25, -0.2) is 0 Å². The zero-order valence-electron chi connectivity index (χ0n) is 3.99. The quantitative estimate of drug-likeness (QED) is 0.570. The SMILES string of the molecule is Br.[CH3][SnH]([CH3])[CH3]. The molecule has 0 atom stereocenters. The van der Waals surface area contributed by atoms with Gasteiger partial charge in [0.2, 0.25) is 0 Å². The Hall–Kier alpha value is 1.28. The van der Waals surface area contributed by atoms with Gasteiger partial charge in [0.15, 0.2) is 0 Å². The van der Waals surface area contributed by atoms with Gasteiger partial charge in [-0.1, -0.05) is 0 Å². The minimum atomic E-state index is -0.637. The summed E-state index contributed by atoms with van der Waals surface area (Å²) in [6, 6.07) is 0. The van der Waals surface area contributed by atoms with Crippen molar-refractivity contribution >= 4 is 36.7 Å². The second-order valence-corrected chi connectivity index (χ2v) is 11.6. The van der Waals surface area contributed by atoms with Gasteiger partial charge in [-0.15, -0.1) is 17.0 Å². The van der Waals surface area contributed by atoms with Crippen molar-refractivity contribution in [1.82, 2.24) is 0 Å². The Kier molecular flexibility index (Phi) is 10.1. The summed E-state index contributed by atoms with van der Waals surface area (Å²) in [7, 11) is 0. The predicted molar refractivity (Wildman–Crippen MR) is 35.1 cm³/mol. The summed E-state index contributed by atoms with van der Waals surface area (Å²) >= 11 is -0.637. The molecule has 0 unspecified atom stereocenters. The molecule has 0 aliphatic heterocycles. The van der Waals surface area contributed by atoms with E-state index in [1.807, 2.05) is 0 Å². The van der Waals surface area contributed by atoms with Crippen molar-refractivity contribution in [2.24, 2.45) is 0 Å². The third kappa shape index (κ3) is 34.7. The Bertz CT molecular complexity index is 11.6. The van der Waals surface area contributed by atoms with Gasteiger partial charge in [-0.3, -0.25) is 0 Å². The Morgan fingerprint density at radius 2 is 1.00 bits per heavy atom. The van der Waals surface area contributed by atoms with Crippen LogP contribution in [-0.2, 0) is 0 Å². The molecule has 34 valence electrons. The van der Waals surface area contributed by atoms with Crippen LogP contribution in [0.4, 0.5) is 0 Å². The molecule has 0 bridgehead atoms. The Morgan fingerprint density at radius 3 is 1.00 bits per heavy atom. The fourth-order valence-electron chi connectivity index (χ4n) is 0. The molecule has 0 fully saturated rings. The monoisotopic (exact) mass is 246 g/mol. The molecule has 0 saturated heterocycles. The van der Waals surface area contributed by atoms with E-state index in [0.717, 1.165) is 0 Å². The molecule has 0 aliphatic rings. The zero-order valence-corrected chi connectivity index (χ0v) is 8.99. The molecule has 0 aromatic rings. The van der Waals surface area contributed by atoms with Gasteiger partial charge in [-0.2, -0.15) is 0 Å². The van der Waals surface area contributed by atoms with E-state index in [1.165, 1.54) is 0 Å². The van der Waals surface area contributed by atoms with Crippen LogP contribution in [0.1, 0.15) is 0 Å². The van der Waals surface area contributed by atoms with Crippen LogP contribution in [0.15, 0.2) is 0 Å². The van der Waals surface area contributed by atoms with E-state index >= 15 is 0 Å². The van der Waals surface area contributed by atoms with Crippen LogP contribution in [0.3, 0.4) is 0 Å². The summed E-state index contributed by atoms with van der Waals surface area (Å²) in [4.78, 5) is 7.13. The van der Waals surface area contributed by atoms with Crippen LogP contribution in [-0.4, -0.2) is 19.8 Å². The molecule has 0 spiro atoms. The van der Waals surface area contributed by atoms with Crippen LogP contribution < -0.4 is 0 Å². The summed E-state index contributed by atoms with van der Waals surface area (Å²) in [5, 5.41) is 0. The van der Waals surface area contributed by atoms with Crippen LogP contribution in [0.2, 0.25) is 14.8 Å². The Labute approximate surface area is 51.5 Å². The predicted octanol–water partition coefficient (Wildman–Crippen LogP) is 1.68. The molecular weight excluding hydrogens is 235 g/mol. The molecule has 5 heavy (non-hydrogen) atoms. The van der Waals surface area contributed by atoms with E-state index < -0.39 is 19.8 Å². The number of rotatable bonds is 0. The van der Waals surface area contributed by atoms with E-state index in [-0.39, 0.29) is 17.0 Å². The number of hydrogen-bond acceptors (Lipinski definition) is 0. The first-order chi connectivity index (χ1) is 1.73. The third-order valence-corrected chi connectivity index (χ3v) is 0. The first-order valence-corrected chi connectivity index (χ1v) is 11.6. The fourth-order valence-corrected chi connectivity index (χ4v) is 0. The molecule has 0 N–H and O–H groups in total. The van der Waals surface area contributed by atoms with Gasteiger partial charge in [-0.05, 0) is 0 Å². The van der Waals surface area contributed by atoms with E-state index in [9.17, 15) is 0 Å². The van der Waals surface area contributed by atoms with Crippen LogP contribution in [0, 0.1) is 0 Å². The molecule has 0 nitrogen and oxygen atoms in total. The summed E-state index contributed by atoms with van der Waals surface area (Å²) < 4.78 is 0. The van der Waals surface area contributed by atoms with Gasteiger partial charge in [0.1, 0.15) is 0 Å². The molecule has 0 radical (unpaired) electrons. The number of hydrogen-bond donors (Lipinski definition) is 0. The first-order valence-electron chi connectivity index (χ1n) is 1.73. The Morgan fingerprint density at radius 1 is 1.00 bits per heavy atom. The van der Waals surface area contributed by atoms with Gasteiger partial charge >= 0.3 is 34.6 Å². The molecule has 0 saturated carbocycles. The summed E-state index contributed by atoms with van der Waals surface area (Å²) in [5.74, 6) is 0. The van der Waals surface area contributed by atoms with Crippen molar-refractivity contribution in [2.75, 3.05) is 0 Å². The van der Waals surface area contributed by atoms with E-state index in [0.29, 0.717) is 0 Å². The average molecular weight is 246 g/mol. The zero-order chi connectivity index (χ0) is 3.58. The maximum absolute atomic E-state index is 2.38. The van der Waals surface area contributed by atoms with Crippen molar-refractivity contribution in [3.05, 3.63) is 0 Å². The molecule has 0 aromatic carbocycles. The van der Waals surface area contributed by atoms with Gasteiger partial charge in [0.05, 0.1) is 0 Å². The number of halogens is 1. The fraction of sp³-hybridized carbons (Fsp3) is 1.00. The van der Waals surface area contributed by atoms with Gasteiger partial charge in [0.25, 0.3) is 0 Å². The molecule has 0 amide bonds. The van der Waals surface area contributed by atoms with Crippen molar-refractivity contribution in [1.29, 1.82) is 0 Å². The van der Waals surface area contributed by atoms with E-state index in [2.05, 4.69) is 14.8 Å². The summed E-state index contributed by atoms with van der Waals surface area (Å²) in [5.41, 5.74) is 0. The van der Waals surface area contributed by atoms with Crippen molar-refractivity contribution in [3.8, 4) is 0 Å². The minimum absolute atomic E-state index is 0. The Balaban J connectivity index is 0. The molecular formula is C3H11BrSn. The van der Waals surface area contributed by atoms with Crippen molar-refractivity contribution < 1.29 is 0 Å². The molecule has 0 aliphatic carbocycles. The molecule has 2 heteroatoms. The van der Waals surface area contributed by atoms with Crippen LogP contribution in [0.25, 0.3) is 0 Å². The van der Waals surface area contributed by atoms with Crippen molar-refractivity contribution in [3.63, 3.8) is 0 Å². The molecule has 0 heterocycles.